The summed E-state index contributed by atoms with van der Waals surface area (Å²) in [6.07, 6.45) is 2.67. The molecule has 0 atom stereocenters. The van der Waals surface area contributed by atoms with E-state index < -0.39 is 22.1 Å². The zero-order valence-corrected chi connectivity index (χ0v) is 15.1. The number of aromatic amines is 1. The normalized spacial score (nSPS) is 11.2. The van der Waals surface area contributed by atoms with Crippen molar-refractivity contribution >= 4 is 40.1 Å². The number of nitriles is 1. The average Bonchev–Trinajstić information content (AvgIpc) is 3.09. The molecule has 0 spiro atoms. The van der Waals surface area contributed by atoms with Gasteiger partial charge in [-0.1, -0.05) is 17.7 Å². The number of fused-ring (bicyclic) bond motifs is 1. The van der Waals surface area contributed by atoms with Crippen LogP contribution in [0, 0.1) is 21.4 Å². The monoisotopic (exact) mass is 397 g/mol. The Balaban J connectivity index is 2.09. The molecule has 8 nitrogen and oxygen atoms in total. The summed E-state index contributed by atoms with van der Waals surface area (Å²) in [5.74, 6) is -1.35. The van der Waals surface area contributed by atoms with Gasteiger partial charge in [0, 0.05) is 33.8 Å². The van der Waals surface area contributed by atoms with Crippen LogP contribution in [0.3, 0.4) is 0 Å². The first-order valence-electron chi connectivity index (χ1n) is 7.84. The number of H-pyrrole nitrogens is 1. The summed E-state index contributed by atoms with van der Waals surface area (Å²) in [4.78, 5) is 26.1. The lowest BCUT2D eigenvalue weighted by Crippen LogP contribution is -2.01. The number of phenolic OH excluding ortho intramolecular Hbond substituents is 1. The Morgan fingerprint density at radius 1 is 1.39 bits per heavy atom. The zero-order valence-electron chi connectivity index (χ0n) is 14.4. The average molecular weight is 398 g/mol. The van der Waals surface area contributed by atoms with Crippen molar-refractivity contribution in [2.24, 2.45) is 0 Å². The maximum absolute atomic E-state index is 12.8. The largest absolute Gasteiger partial charge is 0.500 e. The van der Waals surface area contributed by atoms with Crippen molar-refractivity contribution in [3.63, 3.8) is 0 Å². The molecule has 2 N–H and O–H groups in total. The molecule has 0 fully saturated rings. The minimum absolute atomic E-state index is 0.146. The summed E-state index contributed by atoms with van der Waals surface area (Å²) >= 11 is 5.93. The summed E-state index contributed by atoms with van der Waals surface area (Å²) < 4.78 is 4.92. The first-order chi connectivity index (χ1) is 13.3. The SMILES string of the molecule is COc1cc(/C=C(\C#N)C(=O)c2c[nH]c3cc(Cl)ccc23)cc([N+](=O)[O-])c1O. The number of allylic oxidation sites excluding steroid dienone is 1. The quantitative estimate of drug-likeness (QED) is 0.218. The fourth-order valence-corrected chi connectivity index (χ4v) is 2.91. The number of carbonyl (C=O) groups excluding carboxylic acids is 1. The van der Waals surface area contributed by atoms with Crippen LogP contribution in [0.4, 0.5) is 5.69 Å². The molecule has 0 aliphatic heterocycles. The molecule has 0 saturated carbocycles. The highest BCUT2D eigenvalue weighted by Gasteiger charge is 2.21. The van der Waals surface area contributed by atoms with E-state index in [2.05, 4.69) is 4.98 Å². The first-order valence-corrected chi connectivity index (χ1v) is 8.22. The van der Waals surface area contributed by atoms with Gasteiger partial charge in [0.05, 0.1) is 12.0 Å². The predicted octanol–water partition coefficient (Wildman–Crippen LogP) is 4.23. The van der Waals surface area contributed by atoms with Crippen LogP contribution in [-0.4, -0.2) is 27.9 Å². The third-order valence-electron chi connectivity index (χ3n) is 4.06. The summed E-state index contributed by atoms with van der Waals surface area (Å²) in [6, 6.07) is 9.09. The van der Waals surface area contributed by atoms with Gasteiger partial charge in [0.15, 0.2) is 5.75 Å². The number of rotatable bonds is 5. The predicted molar refractivity (Wildman–Crippen MR) is 103 cm³/mol. The Labute approximate surface area is 163 Å². The molecular weight excluding hydrogens is 386 g/mol. The van der Waals surface area contributed by atoms with E-state index in [0.717, 1.165) is 6.07 Å². The number of nitro benzene ring substituents is 1. The number of aromatic hydroxyl groups is 1. The Hall–Kier alpha value is -3.83. The Morgan fingerprint density at radius 3 is 2.79 bits per heavy atom. The minimum Gasteiger partial charge on any atom is -0.500 e. The number of Topliss-reactive ketones (excluding diaryl/α,β-unsaturated/α-hetero) is 1. The Kier molecular flexibility index (Phi) is 5.02. The van der Waals surface area contributed by atoms with Crippen LogP contribution in [0.1, 0.15) is 15.9 Å². The van der Waals surface area contributed by atoms with Crippen LogP contribution in [0.2, 0.25) is 5.02 Å². The molecule has 0 amide bonds. The summed E-state index contributed by atoms with van der Waals surface area (Å²) in [7, 11) is 1.24. The molecule has 0 radical (unpaired) electrons. The molecule has 9 heteroatoms. The molecule has 1 heterocycles. The van der Waals surface area contributed by atoms with Crippen LogP contribution in [0.15, 0.2) is 42.1 Å². The lowest BCUT2D eigenvalue weighted by Gasteiger charge is -2.06. The second-order valence-corrected chi connectivity index (χ2v) is 6.18. The van der Waals surface area contributed by atoms with Crippen molar-refractivity contribution in [3.8, 4) is 17.6 Å². The summed E-state index contributed by atoms with van der Waals surface area (Å²) in [6.45, 7) is 0. The van der Waals surface area contributed by atoms with Crippen molar-refractivity contribution in [2.45, 2.75) is 0 Å². The Bertz CT molecular complexity index is 1190. The topological polar surface area (TPSA) is 129 Å². The number of nitro groups is 1. The number of ether oxygens (including phenoxy) is 1. The zero-order chi connectivity index (χ0) is 20.4. The van der Waals surface area contributed by atoms with E-state index in [1.165, 1.54) is 25.4 Å². The molecule has 3 rings (SSSR count). The number of ketones is 1. The van der Waals surface area contributed by atoms with Crippen LogP contribution < -0.4 is 4.74 Å². The van der Waals surface area contributed by atoms with Crippen molar-refractivity contribution < 1.29 is 19.6 Å². The van der Waals surface area contributed by atoms with E-state index in [4.69, 9.17) is 16.3 Å². The molecular formula is C19H12ClN3O5. The third-order valence-corrected chi connectivity index (χ3v) is 4.29. The van der Waals surface area contributed by atoms with Gasteiger partial charge in [-0.3, -0.25) is 14.9 Å². The fraction of sp³-hybridized carbons (Fsp3) is 0.0526. The van der Waals surface area contributed by atoms with Gasteiger partial charge in [-0.15, -0.1) is 0 Å². The highest BCUT2D eigenvalue weighted by atomic mass is 35.5. The molecule has 2 aromatic carbocycles. The first kappa shape index (κ1) is 18.9. The van der Waals surface area contributed by atoms with Crippen LogP contribution >= 0.6 is 11.6 Å². The van der Waals surface area contributed by atoms with Gasteiger partial charge < -0.3 is 14.8 Å². The number of aromatic nitrogens is 1. The fourth-order valence-electron chi connectivity index (χ4n) is 2.74. The van der Waals surface area contributed by atoms with Crippen molar-refractivity contribution in [1.82, 2.24) is 4.98 Å². The number of benzene rings is 2. The molecule has 1 aromatic heterocycles. The number of halogens is 1. The molecule has 28 heavy (non-hydrogen) atoms. The summed E-state index contributed by atoms with van der Waals surface area (Å²) in [5, 5.41) is 31.5. The van der Waals surface area contributed by atoms with E-state index in [1.807, 2.05) is 6.07 Å². The van der Waals surface area contributed by atoms with Crippen molar-refractivity contribution in [1.29, 1.82) is 5.26 Å². The molecule has 140 valence electrons. The van der Waals surface area contributed by atoms with Crippen LogP contribution in [0.25, 0.3) is 17.0 Å². The van der Waals surface area contributed by atoms with Gasteiger partial charge in [0.2, 0.25) is 11.5 Å². The second-order valence-electron chi connectivity index (χ2n) is 5.74. The number of nitrogens with one attached hydrogen (secondary N) is 1. The van der Waals surface area contributed by atoms with E-state index >= 15 is 0 Å². The highest BCUT2D eigenvalue weighted by molar-refractivity contribution is 6.31. The molecule has 0 aliphatic rings. The van der Waals surface area contributed by atoms with Gasteiger partial charge in [-0.05, 0) is 29.8 Å². The van der Waals surface area contributed by atoms with Crippen LogP contribution in [0.5, 0.6) is 11.5 Å². The van der Waals surface area contributed by atoms with E-state index in [-0.39, 0.29) is 22.4 Å². The summed E-state index contributed by atoms with van der Waals surface area (Å²) in [5.41, 5.74) is 0.221. The van der Waals surface area contributed by atoms with Crippen molar-refractivity contribution in [2.75, 3.05) is 7.11 Å². The molecule has 0 unspecified atom stereocenters. The number of carbonyl (C=O) groups is 1. The molecule has 3 aromatic rings. The van der Waals surface area contributed by atoms with Crippen LogP contribution in [-0.2, 0) is 0 Å². The maximum Gasteiger partial charge on any atom is 0.315 e. The minimum atomic E-state index is -0.785. The smallest absolute Gasteiger partial charge is 0.315 e. The van der Waals surface area contributed by atoms with E-state index in [9.17, 15) is 25.3 Å². The third kappa shape index (κ3) is 3.39. The lowest BCUT2D eigenvalue weighted by atomic mass is 10.0. The van der Waals surface area contributed by atoms with Gasteiger partial charge in [0.1, 0.15) is 11.6 Å². The standard InChI is InChI=1S/C19H12ClN3O5/c1-28-17-6-10(5-16(19(17)25)23(26)27)4-11(8-21)18(24)14-9-22-15-7-12(20)2-3-13(14)15/h2-7,9,22,25H,1H3/b11-4+. The molecule has 0 aliphatic carbocycles. The number of hydrogen-bond acceptors (Lipinski definition) is 6. The van der Waals surface area contributed by atoms with Crippen molar-refractivity contribution in [3.05, 3.63) is 68.4 Å². The lowest BCUT2D eigenvalue weighted by molar-refractivity contribution is -0.386. The Morgan fingerprint density at radius 2 is 2.14 bits per heavy atom. The molecule has 0 bridgehead atoms. The number of hydrogen-bond donors (Lipinski definition) is 2. The second kappa shape index (κ2) is 7.42. The number of phenols is 1. The van der Waals surface area contributed by atoms with E-state index in [0.29, 0.717) is 15.9 Å². The molecule has 0 saturated heterocycles. The van der Waals surface area contributed by atoms with Gasteiger partial charge >= 0.3 is 5.69 Å². The van der Waals surface area contributed by atoms with Gasteiger partial charge in [-0.25, -0.2) is 0 Å². The van der Waals surface area contributed by atoms with E-state index in [1.54, 1.807) is 18.2 Å². The van der Waals surface area contributed by atoms with Gasteiger partial charge in [-0.2, -0.15) is 5.26 Å². The number of nitrogens with zero attached hydrogens (tertiary/aromatic N) is 2. The number of methoxy groups -OCH3 is 1. The maximum atomic E-state index is 12.8. The van der Waals surface area contributed by atoms with Gasteiger partial charge in [0.25, 0.3) is 0 Å². The highest BCUT2D eigenvalue weighted by Crippen LogP contribution is 2.37.